The number of hydrogen-bond acceptors (Lipinski definition) is 5. The van der Waals surface area contributed by atoms with Gasteiger partial charge in [0.2, 0.25) is 10.0 Å². The van der Waals surface area contributed by atoms with Gasteiger partial charge in [0, 0.05) is 19.7 Å². The Balaban J connectivity index is 1.74. The first kappa shape index (κ1) is 13.0. The van der Waals surface area contributed by atoms with Crippen LogP contribution in [0.3, 0.4) is 0 Å². The predicted octanol–water partition coefficient (Wildman–Crippen LogP) is 0.0337. The fourth-order valence-electron chi connectivity index (χ4n) is 2.73. The number of piperidine rings is 1. The Morgan fingerprint density at radius 3 is 2.89 bits per heavy atom. The summed E-state index contributed by atoms with van der Waals surface area (Å²) in [5.74, 6) is 0. The van der Waals surface area contributed by atoms with Crippen molar-refractivity contribution in [2.45, 2.75) is 30.6 Å². The van der Waals surface area contributed by atoms with Crippen molar-refractivity contribution in [1.82, 2.24) is 19.1 Å². The van der Waals surface area contributed by atoms with E-state index in [1.54, 1.807) is 15.3 Å². The Labute approximate surface area is 112 Å². The second-order valence-corrected chi connectivity index (χ2v) is 7.27. The van der Waals surface area contributed by atoms with Crippen LogP contribution in [0.4, 0.5) is 0 Å². The lowest BCUT2D eigenvalue weighted by Gasteiger charge is -2.33. The topological polar surface area (TPSA) is 77.3 Å². The molecule has 106 valence electrons. The van der Waals surface area contributed by atoms with Gasteiger partial charge < -0.3 is 4.74 Å². The molecule has 2 unspecified atom stereocenters. The van der Waals surface area contributed by atoms with Crippen LogP contribution >= 0.6 is 0 Å². The van der Waals surface area contributed by atoms with Crippen LogP contribution in [0.25, 0.3) is 0 Å². The Bertz CT molecular complexity index is 510. The van der Waals surface area contributed by atoms with Gasteiger partial charge >= 0.3 is 0 Å². The van der Waals surface area contributed by atoms with Crippen LogP contribution in [0.5, 0.6) is 0 Å². The molecule has 19 heavy (non-hydrogen) atoms. The van der Waals surface area contributed by atoms with E-state index in [9.17, 15) is 8.42 Å². The number of rotatable bonds is 3. The first-order chi connectivity index (χ1) is 9.18. The van der Waals surface area contributed by atoms with Crippen LogP contribution in [0.15, 0.2) is 12.7 Å². The van der Waals surface area contributed by atoms with Crippen LogP contribution in [-0.4, -0.2) is 59.0 Å². The highest BCUT2D eigenvalue weighted by molar-refractivity contribution is 7.89. The molecule has 3 rings (SSSR count). The highest BCUT2D eigenvalue weighted by atomic mass is 32.2. The van der Waals surface area contributed by atoms with Crippen molar-refractivity contribution in [3.8, 4) is 0 Å². The predicted molar refractivity (Wildman–Crippen MR) is 68.0 cm³/mol. The number of nitrogens with zero attached hydrogens (tertiary/aromatic N) is 4. The summed E-state index contributed by atoms with van der Waals surface area (Å²) in [7, 11) is -3.24. The van der Waals surface area contributed by atoms with Crippen molar-refractivity contribution < 1.29 is 13.2 Å². The molecule has 0 spiro atoms. The third kappa shape index (κ3) is 2.52. The maximum absolute atomic E-state index is 12.5. The van der Waals surface area contributed by atoms with Gasteiger partial charge in [0.15, 0.2) is 0 Å². The van der Waals surface area contributed by atoms with Crippen LogP contribution in [0.1, 0.15) is 25.3 Å². The van der Waals surface area contributed by atoms with Crippen molar-refractivity contribution in [1.29, 1.82) is 0 Å². The minimum atomic E-state index is -3.24. The lowest BCUT2D eigenvalue weighted by molar-refractivity contribution is 0.196. The number of ether oxygens (including phenoxy) is 1. The van der Waals surface area contributed by atoms with E-state index in [2.05, 4.69) is 10.1 Å². The summed E-state index contributed by atoms with van der Waals surface area (Å²) < 4.78 is 33.6. The molecule has 2 saturated heterocycles. The molecular formula is C11H18N4O3S. The molecule has 0 aliphatic carbocycles. The molecule has 8 heteroatoms. The molecule has 7 nitrogen and oxygen atoms in total. The van der Waals surface area contributed by atoms with Gasteiger partial charge in [-0.1, -0.05) is 0 Å². The molecule has 3 heterocycles. The van der Waals surface area contributed by atoms with E-state index in [0.717, 1.165) is 12.8 Å². The number of hydrogen-bond donors (Lipinski definition) is 0. The van der Waals surface area contributed by atoms with Gasteiger partial charge in [-0.25, -0.2) is 18.1 Å². The van der Waals surface area contributed by atoms with Gasteiger partial charge in [0.1, 0.15) is 17.9 Å². The van der Waals surface area contributed by atoms with Gasteiger partial charge in [0.05, 0.1) is 12.6 Å². The molecular weight excluding hydrogens is 268 g/mol. The maximum atomic E-state index is 12.5. The van der Waals surface area contributed by atoms with E-state index in [0.29, 0.717) is 32.7 Å². The Morgan fingerprint density at radius 2 is 2.21 bits per heavy atom. The van der Waals surface area contributed by atoms with Gasteiger partial charge in [-0.3, -0.25) is 0 Å². The third-order valence-corrected chi connectivity index (χ3v) is 6.10. The monoisotopic (exact) mass is 286 g/mol. The van der Waals surface area contributed by atoms with Crippen molar-refractivity contribution >= 4 is 10.0 Å². The van der Waals surface area contributed by atoms with Crippen molar-refractivity contribution in [3.05, 3.63) is 12.7 Å². The minimum absolute atomic E-state index is 0.0911. The summed E-state index contributed by atoms with van der Waals surface area (Å²) in [6.07, 6.45) is 5.54. The van der Waals surface area contributed by atoms with Crippen LogP contribution in [-0.2, 0) is 14.8 Å². The second-order valence-electron chi connectivity index (χ2n) is 5.06. The summed E-state index contributed by atoms with van der Waals surface area (Å²) >= 11 is 0. The zero-order valence-corrected chi connectivity index (χ0v) is 11.5. The summed E-state index contributed by atoms with van der Waals surface area (Å²) in [5.41, 5.74) is 0. The van der Waals surface area contributed by atoms with Crippen LogP contribution < -0.4 is 0 Å². The fraction of sp³-hybridized carbons (Fsp3) is 0.818. The summed E-state index contributed by atoms with van der Waals surface area (Å²) in [5, 5.41) is 3.74. The normalized spacial score (nSPS) is 29.7. The van der Waals surface area contributed by atoms with E-state index in [-0.39, 0.29) is 11.3 Å². The van der Waals surface area contributed by atoms with Crippen LogP contribution in [0.2, 0.25) is 0 Å². The highest BCUT2D eigenvalue weighted by Gasteiger charge is 2.37. The zero-order valence-electron chi connectivity index (χ0n) is 10.7. The molecule has 0 bridgehead atoms. The van der Waals surface area contributed by atoms with E-state index >= 15 is 0 Å². The highest BCUT2D eigenvalue weighted by Crippen LogP contribution is 2.26. The van der Waals surface area contributed by atoms with Crippen molar-refractivity contribution in [2.24, 2.45) is 0 Å². The second kappa shape index (κ2) is 5.18. The van der Waals surface area contributed by atoms with Gasteiger partial charge in [-0.05, 0) is 19.3 Å². The lowest BCUT2D eigenvalue weighted by Crippen LogP contribution is -2.45. The number of aromatic nitrogens is 3. The average molecular weight is 286 g/mol. The van der Waals surface area contributed by atoms with E-state index in [1.807, 2.05) is 0 Å². The quantitative estimate of drug-likeness (QED) is 0.783. The molecule has 0 amide bonds. The molecule has 2 fully saturated rings. The van der Waals surface area contributed by atoms with Crippen molar-refractivity contribution in [3.63, 3.8) is 0 Å². The minimum Gasteiger partial charge on any atom is -0.380 e. The van der Waals surface area contributed by atoms with Gasteiger partial charge in [0.25, 0.3) is 0 Å². The first-order valence-electron chi connectivity index (χ1n) is 6.59. The van der Waals surface area contributed by atoms with E-state index in [1.165, 1.54) is 6.33 Å². The van der Waals surface area contributed by atoms with E-state index < -0.39 is 10.0 Å². The zero-order chi connectivity index (χ0) is 13.3. The van der Waals surface area contributed by atoms with Gasteiger partial charge in [-0.15, -0.1) is 0 Å². The van der Waals surface area contributed by atoms with Crippen LogP contribution in [0, 0.1) is 0 Å². The first-order valence-corrected chi connectivity index (χ1v) is 8.09. The molecule has 2 aliphatic heterocycles. The summed E-state index contributed by atoms with van der Waals surface area (Å²) in [6.45, 7) is 1.96. The molecule has 0 saturated carbocycles. The van der Waals surface area contributed by atoms with Gasteiger partial charge in [-0.2, -0.15) is 9.40 Å². The molecule has 2 atom stereocenters. The Hall–Kier alpha value is -0.990. The smallest absolute Gasteiger partial charge is 0.219 e. The Kier molecular flexibility index (Phi) is 3.55. The largest absolute Gasteiger partial charge is 0.380 e. The van der Waals surface area contributed by atoms with E-state index in [4.69, 9.17) is 4.74 Å². The van der Waals surface area contributed by atoms with Crippen molar-refractivity contribution in [2.75, 3.05) is 26.3 Å². The fourth-order valence-corrected chi connectivity index (χ4v) is 4.58. The SMILES string of the molecule is O=S(=O)(C1CCOC1)N1CCCC(n2cncn2)C1. The average Bonchev–Trinajstić information content (AvgIpc) is 3.12. The Morgan fingerprint density at radius 1 is 1.32 bits per heavy atom. The third-order valence-electron chi connectivity index (χ3n) is 3.84. The molecule has 1 aromatic heterocycles. The standard InChI is InChI=1S/C11H18N4O3S/c16-19(17,11-3-5-18-7-11)14-4-1-2-10(6-14)15-9-12-8-13-15/h8-11H,1-7H2. The summed E-state index contributed by atoms with van der Waals surface area (Å²) in [6, 6.07) is 0.0911. The number of sulfonamides is 1. The molecule has 2 aliphatic rings. The molecule has 0 N–H and O–H groups in total. The molecule has 0 aromatic carbocycles. The summed E-state index contributed by atoms with van der Waals surface area (Å²) in [4.78, 5) is 3.93. The lowest BCUT2D eigenvalue weighted by atomic mass is 10.1. The molecule has 0 radical (unpaired) electrons. The molecule has 1 aromatic rings. The maximum Gasteiger partial charge on any atom is 0.219 e.